The molecule has 3 aromatic rings. The summed E-state index contributed by atoms with van der Waals surface area (Å²) in [5.74, 6) is 0.280. The number of nitrogens with zero attached hydrogens (tertiary/aromatic N) is 4. The van der Waals surface area contributed by atoms with Crippen molar-refractivity contribution < 1.29 is 32.6 Å². The number of rotatable bonds is 9. The van der Waals surface area contributed by atoms with E-state index in [4.69, 9.17) is 4.74 Å². The molecule has 14 heteroatoms. The maximum absolute atomic E-state index is 14.1. The zero-order valence-electron chi connectivity index (χ0n) is 28.3. The number of aromatic nitrogens is 2. The van der Waals surface area contributed by atoms with Gasteiger partial charge in [-0.3, -0.25) is 14.5 Å². The van der Waals surface area contributed by atoms with E-state index in [9.17, 15) is 27.9 Å². The van der Waals surface area contributed by atoms with Crippen LogP contribution in [-0.2, 0) is 11.0 Å². The van der Waals surface area contributed by atoms with Gasteiger partial charge >= 0.3 is 12.1 Å². The molecule has 1 aliphatic heterocycles. The monoisotopic (exact) mass is 693 g/mol. The Balaban J connectivity index is 1.06. The molecule has 1 saturated heterocycles. The number of ether oxygens (including phenoxy) is 1. The first kappa shape index (κ1) is 33.9. The highest BCUT2D eigenvalue weighted by molar-refractivity contribution is 6.00. The minimum atomic E-state index is -4.75. The zero-order valence-corrected chi connectivity index (χ0v) is 28.3. The molecule has 2 atom stereocenters. The quantitative estimate of drug-likeness (QED) is 0.210. The van der Waals surface area contributed by atoms with Crippen LogP contribution in [0, 0.1) is 30.1 Å². The first-order valence-corrected chi connectivity index (χ1v) is 17.1. The van der Waals surface area contributed by atoms with E-state index in [1.165, 1.54) is 20.2 Å². The summed E-state index contributed by atoms with van der Waals surface area (Å²) >= 11 is 0. The SMILES string of the molecule is CNC(=O)c1cccc(C)c1Nc1nc(Nc2ccc(N3CCN([C@H]4C5CC6CC4C[C@](C(=O)O)(C6)C5)CC3)cc2OC)ncc1C(F)(F)F. The van der Waals surface area contributed by atoms with Crippen LogP contribution < -0.4 is 25.6 Å². The van der Waals surface area contributed by atoms with Crippen LogP contribution >= 0.6 is 0 Å². The van der Waals surface area contributed by atoms with Crippen molar-refractivity contribution in [3.63, 3.8) is 0 Å². The number of hydrogen-bond donors (Lipinski definition) is 4. The lowest BCUT2D eigenvalue weighted by Crippen LogP contribution is -2.63. The van der Waals surface area contributed by atoms with Gasteiger partial charge < -0.3 is 30.7 Å². The first-order valence-electron chi connectivity index (χ1n) is 17.1. The standard InChI is InChI=1S/C36H42F3N7O4/c1-20-5-4-6-25(32(47)40-2)29(20)43-31-26(36(37,38)39)19-41-34(44-31)42-27-8-7-24(15-28(27)50-3)45-9-11-46(12-10-45)30-22-13-21-14-23(30)18-35(16-21,17-22)33(48)49/h4-8,15,19,21-23,30H,9-14,16-18H2,1-3H3,(H,40,47)(H,48,49)(H2,41,42,43,44)/t21?,22?,23?,30-,35-. The van der Waals surface area contributed by atoms with Gasteiger partial charge in [-0.15, -0.1) is 0 Å². The molecule has 5 fully saturated rings. The third kappa shape index (κ3) is 6.18. The van der Waals surface area contributed by atoms with Crippen LogP contribution in [0.1, 0.15) is 53.6 Å². The van der Waals surface area contributed by atoms with Crippen molar-refractivity contribution in [2.24, 2.45) is 23.2 Å². The van der Waals surface area contributed by atoms with Crippen LogP contribution in [0.4, 0.5) is 42.0 Å². The molecule has 4 N–H and O–H groups in total. The summed E-state index contributed by atoms with van der Waals surface area (Å²) in [7, 11) is 2.97. The molecule has 1 amide bonds. The fourth-order valence-electron chi connectivity index (χ4n) is 9.26. The molecule has 4 saturated carbocycles. The number of anilines is 5. The van der Waals surface area contributed by atoms with Crippen LogP contribution in [-0.4, -0.2) is 78.2 Å². The number of para-hydroxylation sites is 1. The average Bonchev–Trinajstić information content (AvgIpc) is 3.08. The number of amides is 1. The summed E-state index contributed by atoms with van der Waals surface area (Å²) in [4.78, 5) is 37.7. The van der Waals surface area contributed by atoms with Gasteiger partial charge in [0.15, 0.2) is 0 Å². The predicted molar refractivity (Wildman–Crippen MR) is 182 cm³/mol. The number of piperazine rings is 1. The Morgan fingerprint density at radius 3 is 2.38 bits per heavy atom. The Kier molecular flexibility index (Phi) is 8.77. The second-order valence-electron chi connectivity index (χ2n) is 14.2. The largest absolute Gasteiger partial charge is 0.494 e. The van der Waals surface area contributed by atoms with Crippen molar-refractivity contribution in [1.29, 1.82) is 0 Å². The number of carbonyl (C=O) groups excluding carboxylic acids is 1. The lowest BCUT2D eigenvalue weighted by molar-refractivity contribution is -0.173. The minimum Gasteiger partial charge on any atom is -0.494 e. The summed E-state index contributed by atoms with van der Waals surface area (Å²) < 4.78 is 47.9. The molecule has 50 heavy (non-hydrogen) atoms. The molecule has 4 bridgehead atoms. The van der Waals surface area contributed by atoms with Crippen molar-refractivity contribution in [1.82, 2.24) is 20.2 Å². The summed E-state index contributed by atoms with van der Waals surface area (Å²) in [6, 6.07) is 10.9. The Morgan fingerprint density at radius 1 is 1.02 bits per heavy atom. The normalized spacial score (nSPS) is 26.1. The maximum atomic E-state index is 14.1. The Hall–Kier alpha value is -4.59. The molecular formula is C36H42F3N7O4. The molecule has 0 radical (unpaired) electrons. The number of aryl methyl sites for hydroxylation is 1. The highest BCUT2D eigenvalue weighted by atomic mass is 19.4. The number of carbonyl (C=O) groups is 2. The highest BCUT2D eigenvalue weighted by Gasteiger charge is 2.59. The second kappa shape index (κ2) is 12.9. The number of carboxylic acid groups (broad SMARTS) is 1. The fraction of sp³-hybridized carbons (Fsp3) is 0.500. The minimum absolute atomic E-state index is 0.0874. The van der Waals surface area contributed by atoms with Crippen molar-refractivity contribution in [2.75, 3.05) is 55.9 Å². The molecule has 2 unspecified atom stereocenters. The predicted octanol–water partition coefficient (Wildman–Crippen LogP) is 6.06. The summed E-state index contributed by atoms with van der Waals surface area (Å²) in [5, 5.41) is 18.3. The van der Waals surface area contributed by atoms with E-state index >= 15 is 0 Å². The molecule has 2 heterocycles. The number of alkyl halides is 3. The van der Waals surface area contributed by atoms with E-state index in [1.807, 2.05) is 12.1 Å². The number of halogens is 3. The number of benzene rings is 2. The van der Waals surface area contributed by atoms with Crippen LogP contribution in [0.3, 0.4) is 0 Å². The van der Waals surface area contributed by atoms with E-state index in [1.54, 1.807) is 25.1 Å². The molecule has 266 valence electrons. The number of methoxy groups -OCH3 is 1. The van der Waals surface area contributed by atoms with Gasteiger partial charge in [-0.1, -0.05) is 12.1 Å². The summed E-state index contributed by atoms with van der Waals surface area (Å²) in [5.41, 5.74) is 0.790. The van der Waals surface area contributed by atoms with Gasteiger partial charge in [0.05, 0.1) is 29.5 Å². The topological polar surface area (TPSA) is 132 Å². The number of carboxylic acids is 1. The Morgan fingerprint density at radius 2 is 1.74 bits per heavy atom. The second-order valence-corrected chi connectivity index (χ2v) is 14.2. The Labute approximate surface area is 288 Å². The van der Waals surface area contributed by atoms with Gasteiger partial charge in [0.25, 0.3) is 5.91 Å². The number of hydrogen-bond acceptors (Lipinski definition) is 9. The van der Waals surface area contributed by atoms with Crippen molar-refractivity contribution in [3.05, 3.63) is 59.3 Å². The highest BCUT2D eigenvalue weighted by Crippen LogP contribution is 2.61. The van der Waals surface area contributed by atoms with Gasteiger partial charge in [-0.25, -0.2) is 4.98 Å². The van der Waals surface area contributed by atoms with E-state index in [-0.39, 0.29) is 17.2 Å². The third-order valence-corrected chi connectivity index (χ3v) is 11.3. The molecule has 2 aromatic carbocycles. The van der Waals surface area contributed by atoms with Crippen molar-refractivity contribution in [3.8, 4) is 5.75 Å². The van der Waals surface area contributed by atoms with Gasteiger partial charge in [0.1, 0.15) is 17.1 Å². The molecule has 0 spiro atoms. The summed E-state index contributed by atoms with van der Waals surface area (Å²) in [6.07, 6.45) is 0.692. The van der Waals surface area contributed by atoms with Gasteiger partial charge in [0.2, 0.25) is 5.95 Å². The maximum Gasteiger partial charge on any atom is 0.421 e. The van der Waals surface area contributed by atoms with Crippen LogP contribution in [0.5, 0.6) is 5.75 Å². The smallest absolute Gasteiger partial charge is 0.421 e. The molecule has 11 nitrogen and oxygen atoms in total. The molecular weight excluding hydrogens is 651 g/mol. The number of aliphatic carboxylic acids is 1. The van der Waals surface area contributed by atoms with Crippen LogP contribution in [0.15, 0.2) is 42.6 Å². The van der Waals surface area contributed by atoms with Crippen molar-refractivity contribution in [2.45, 2.75) is 51.2 Å². The van der Waals surface area contributed by atoms with Gasteiger partial charge in [-0.2, -0.15) is 18.2 Å². The first-order chi connectivity index (χ1) is 23.9. The van der Waals surface area contributed by atoms with E-state index in [0.29, 0.717) is 47.0 Å². The van der Waals surface area contributed by atoms with E-state index in [2.05, 4.69) is 35.7 Å². The lowest BCUT2D eigenvalue weighted by Gasteiger charge is -2.61. The third-order valence-electron chi connectivity index (χ3n) is 11.3. The van der Waals surface area contributed by atoms with Crippen molar-refractivity contribution >= 4 is 40.7 Å². The summed E-state index contributed by atoms with van der Waals surface area (Å²) in [6.45, 7) is 5.10. The fourth-order valence-corrected chi connectivity index (χ4v) is 9.26. The molecule has 1 aromatic heterocycles. The Bertz CT molecular complexity index is 1780. The van der Waals surface area contributed by atoms with Gasteiger partial charge in [-0.05, 0) is 80.5 Å². The molecule has 8 rings (SSSR count). The molecule has 4 aliphatic carbocycles. The molecule has 5 aliphatic rings. The average molecular weight is 694 g/mol. The lowest BCUT2D eigenvalue weighted by atomic mass is 9.47. The number of nitrogens with one attached hydrogen (secondary N) is 3. The van der Waals surface area contributed by atoms with Crippen LogP contribution in [0.2, 0.25) is 0 Å². The van der Waals surface area contributed by atoms with E-state index < -0.39 is 34.8 Å². The van der Waals surface area contributed by atoms with Crippen LogP contribution in [0.25, 0.3) is 0 Å². The zero-order chi connectivity index (χ0) is 35.4. The van der Waals surface area contributed by atoms with Gasteiger partial charge in [0, 0.05) is 57.2 Å². The van der Waals surface area contributed by atoms with E-state index in [0.717, 1.165) is 64.0 Å².